The molecule has 1 aromatic carbocycles. The van der Waals surface area contributed by atoms with E-state index >= 15 is 0 Å². The second-order valence-corrected chi connectivity index (χ2v) is 4.65. The van der Waals surface area contributed by atoms with E-state index in [0.29, 0.717) is 6.42 Å². The summed E-state index contributed by atoms with van der Waals surface area (Å²) in [6.45, 7) is 2.15. The lowest BCUT2D eigenvalue weighted by atomic mass is 10.2. The van der Waals surface area contributed by atoms with E-state index in [-0.39, 0.29) is 12.6 Å². The van der Waals surface area contributed by atoms with Gasteiger partial charge in [0.25, 0.3) is 0 Å². The minimum Gasteiger partial charge on any atom is -0.396 e. The van der Waals surface area contributed by atoms with Crippen molar-refractivity contribution in [3.05, 3.63) is 28.8 Å². The summed E-state index contributed by atoms with van der Waals surface area (Å²) in [5.41, 5.74) is 8.11. The Morgan fingerprint density at radius 3 is 3.00 bits per heavy atom. The van der Waals surface area contributed by atoms with Crippen molar-refractivity contribution >= 4 is 21.6 Å². The first-order valence-corrected chi connectivity index (χ1v) is 5.76. The molecule has 1 aromatic heterocycles. The zero-order chi connectivity index (χ0) is 10.8. The standard InChI is InChI=1S/C11H14N2OS/c1-7-3-2-4-9-10(7)13-11(15-9)8(12)5-6-14/h2-4,8,14H,5-6,12H2,1H3. The predicted molar refractivity (Wildman–Crippen MR) is 63.0 cm³/mol. The molecule has 0 bridgehead atoms. The molecule has 0 aliphatic heterocycles. The number of para-hydroxylation sites is 1. The van der Waals surface area contributed by atoms with Gasteiger partial charge in [0.15, 0.2) is 0 Å². The third-order valence-electron chi connectivity index (χ3n) is 2.39. The average Bonchev–Trinajstić information content (AvgIpc) is 2.63. The molecule has 0 saturated carbocycles. The van der Waals surface area contributed by atoms with E-state index in [1.54, 1.807) is 11.3 Å². The SMILES string of the molecule is Cc1cccc2sc(C(N)CCO)nc12. The van der Waals surface area contributed by atoms with Crippen molar-refractivity contribution in [1.29, 1.82) is 0 Å². The van der Waals surface area contributed by atoms with Crippen LogP contribution in [-0.2, 0) is 0 Å². The van der Waals surface area contributed by atoms with E-state index in [2.05, 4.69) is 11.1 Å². The van der Waals surface area contributed by atoms with Crippen LogP contribution in [0.3, 0.4) is 0 Å². The molecule has 3 nitrogen and oxygen atoms in total. The average molecular weight is 222 g/mol. The van der Waals surface area contributed by atoms with E-state index in [1.165, 1.54) is 10.3 Å². The molecule has 1 heterocycles. The van der Waals surface area contributed by atoms with Crippen LogP contribution < -0.4 is 5.73 Å². The van der Waals surface area contributed by atoms with Gasteiger partial charge >= 0.3 is 0 Å². The molecule has 15 heavy (non-hydrogen) atoms. The van der Waals surface area contributed by atoms with Crippen LogP contribution in [0.25, 0.3) is 10.2 Å². The molecule has 0 amide bonds. The number of nitrogens with zero attached hydrogens (tertiary/aromatic N) is 1. The topological polar surface area (TPSA) is 59.1 Å². The van der Waals surface area contributed by atoms with Crippen molar-refractivity contribution in [3.63, 3.8) is 0 Å². The maximum Gasteiger partial charge on any atom is 0.111 e. The van der Waals surface area contributed by atoms with Gasteiger partial charge in [-0.25, -0.2) is 4.98 Å². The maximum absolute atomic E-state index is 8.82. The summed E-state index contributed by atoms with van der Waals surface area (Å²) in [5, 5.41) is 9.73. The number of benzene rings is 1. The van der Waals surface area contributed by atoms with E-state index in [1.807, 2.05) is 19.1 Å². The molecular formula is C11H14N2OS. The number of aryl methyl sites for hydroxylation is 1. The Morgan fingerprint density at radius 2 is 2.33 bits per heavy atom. The highest BCUT2D eigenvalue weighted by molar-refractivity contribution is 7.18. The summed E-state index contributed by atoms with van der Waals surface area (Å²) in [4.78, 5) is 4.51. The Bertz CT molecular complexity index is 467. The maximum atomic E-state index is 8.82. The van der Waals surface area contributed by atoms with E-state index in [0.717, 1.165) is 10.5 Å². The molecule has 1 unspecified atom stereocenters. The predicted octanol–water partition coefficient (Wildman–Crippen LogP) is 1.99. The number of fused-ring (bicyclic) bond motifs is 1. The smallest absolute Gasteiger partial charge is 0.111 e. The molecule has 0 saturated heterocycles. The molecule has 80 valence electrons. The van der Waals surface area contributed by atoms with Gasteiger partial charge < -0.3 is 10.8 Å². The molecular weight excluding hydrogens is 208 g/mol. The Labute approximate surface area is 92.6 Å². The summed E-state index contributed by atoms with van der Waals surface area (Å²) >= 11 is 1.61. The van der Waals surface area contributed by atoms with Crippen molar-refractivity contribution in [2.75, 3.05) is 6.61 Å². The lowest BCUT2D eigenvalue weighted by Crippen LogP contribution is -2.11. The van der Waals surface area contributed by atoms with Gasteiger partial charge in [0.05, 0.1) is 16.3 Å². The highest BCUT2D eigenvalue weighted by atomic mass is 32.1. The number of aliphatic hydroxyl groups is 1. The number of nitrogens with two attached hydrogens (primary N) is 1. The molecule has 0 aliphatic rings. The zero-order valence-electron chi connectivity index (χ0n) is 8.60. The highest BCUT2D eigenvalue weighted by Gasteiger charge is 2.12. The number of hydrogen-bond acceptors (Lipinski definition) is 4. The van der Waals surface area contributed by atoms with Crippen LogP contribution in [0.5, 0.6) is 0 Å². The molecule has 0 radical (unpaired) electrons. The largest absolute Gasteiger partial charge is 0.396 e. The monoisotopic (exact) mass is 222 g/mol. The van der Waals surface area contributed by atoms with Crippen LogP contribution in [0.1, 0.15) is 23.0 Å². The van der Waals surface area contributed by atoms with Gasteiger partial charge in [-0.1, -0.05) is 12.1 Å². The number of thiazole rings is 1. The quantitative estimate of drug-likeness (QED) is 0.835. The fourth-order valence-electron chi connectivity index (χ4n) is 1.52. The number of rotatable bonds is 3. The molecule has 2 aromatic rings. The van der Waals surface area contributed by atoms with Crippen molar-refractivity contribution in [1.82, 2.24) is 4.98 Å². The van der Waals surface area contributed by atoms with Crippen LogP contribution >= 0.6 is 11.3 Å². The van der Waals surface area contributed by atoms with Crippen LogP contribution in [0, 0.1) is 6.92 Å². The summed E-state index contributed by atoms with van der Waals surface area (Å²) in [6.07, 6.45) is 0.568. The molecule has 2 rings (SSSR count). The Morgan fingerprint density at radius 1 is 1.53 bits per heavy atom. The first-order valence-electron chi connectivity index (χ1n) is 4.95. The summed E-state index contributed by atoms with van der Waals surface area (Å²) in [6, 6.07) is 5.97. The van der Waals surface area contributed by atoms with Gasteiger partial charge in [-0.05, 0) is 25.0 Å². The summed E-state index contributed by atoms with van der Waals surface area (Å²) < 4.78 is 1.17. The zero-order valence-corrected chi connectivity index (χ0v) is 9.42. The number of aromatic nitrogens is 1. The van der Waals surface area contributed by atoms with Gasteiger partial charge in [0.1, 0.15) is 5.01 Å². The normalized spacial score (nSPS) is 13.3. The second-order valence-electron chi connectivity index (χ2n) is 3.59. The van der Waals surface area contributed by atoms with E-state index in [4.69, 9.17) is 10.8 Å². The van der Waals surface area contributed by atoms with Crippen molar-refractivity contribution in [2.45, 2.75) is 19.4 Å². The molecule has 4 heteroatoms. The van der Waals surface area contributed by atoms with Gasteiger partial charge in [-0.15, -0.1) is 11.3 Å². The van der Waals surface area contributed by atoms with Gasteiger partial charge in [0.2, 0.25) is 0 Å². The van der Waals surface area contributed by atoms with Gasteiger partial charge in [-0.3, -0.25) is 0 Å². The number of aliphatic hydroxyl groups excluding tert-OH is 1. The third-order valence-corrected chi connectivity index (χ3v) is 3.55. The summed E-state index contributed by atoms with van der Waals surface area (Å²) in [5.74, 6) is 0. The first-order chi connectivity index (χ1) is 7.22. The molecule has 0 aliphatic carbocycles. The van der Waals surface area contributed by atoms with Crippen LogP contribution in [0.4, 0.5) is 0 Å². The lowest BCUT2D eigenvalue weighted by molar-refractivity contribution is 0.276. The first kappa shape index (κ1) is 10.5. The Hall–Kier alpha value is -0.970. The van der Waals surface area contributed by atoms with Crippen LogP contribution in [0.15, 0.2) is 18.2 Å². The fourth-order valence-corrected chi connectivity index (χ4v) is 2.61. The Kier molecular flexibility index (Phi) is 3.00. The second kappa shape index (κ2) is 4.26. The molecule has 0 spiro atoms. The minimum absolute atomic E-state index is 0.107. The summed E-state index contributed by atoms with van der Waals surface area (Å²) in [7, 11) is 0. The van der Waals surface area contributed by atoms with Gasteiger partial charge in [0, 0.05) is 6.61 Å². The van der Waals surface area contributed by atoms with E-state index < -0.39 is 0 Å². The molecule has 3 N–H and O–H groups in total. The van der Waals surface area contributed by atoms with Crippen LogP contribution in [-0.4, -0.2) is 16.7 Å². The van der Waals surface area contributed by atoms with Crippen LogP contribution in [0.2, 0.25) is 0 Å². The van der Waals surface area contributed by atoms with E-state index in [9.17, 15) is 0 Å². The fraction of sp³-hybridized carbons (Fsp3) is 0.364. The highest BCUT2D eigenvalue weighted by Crippen LogP contribution is 2.28. The minimum atomic E-state index is -0.146. The molecule has 1 atom stereocenters. The van der Waals surface area contributed by atoms with Crippen molar-refractivity contribution < 1.29 is 5.11 Å². The lowest BCUT2D eigenvalue weighted by Gasteiger charge is -2.03. The third kappa shape index (κ3) is 2.02. The Balaban J connectivity index is 2.43. The van der Waals surface area contributed by atoms with Crippen molar-refractivity contribution in [2.24, 2.45) is 5.73 Å². The van der Waals surface area contributed by atoms with Gasteiger partial charge in [-0.2, -0.15) is 0 Å². The van der Waals surface area contributed by atoms with Crippen molar-refractivity contribution in [3.8, 4) is 0 Å². The molecule has 0 fully saturated rings. The number of hydrogen-bond donors (Lipinski definition) is 2.